The third-order valence-corrected chi connectivity index (χ3v) is 7.29. The molecule has 0 spiro atoms. The lowest BCUT2D eigenvalue weighted by atomic mass is 10.0. The fraction of sp³-hybridized carbons (Fsp3) is 0.600. The van der Waals surface area contributed by atoms with E-state index >= 15 is 0 Å². The zero-order chi connectivity index (χ0) is 16.8. The van der Waals surface area contributed by atoms with Crippen molar-refractivity contribution < 1.29 is 18.0 Å². The van der Waals surface area contributed by atoms with Gasteiger partial charge in [0.25, 0.3) is 5.91 Å². The molecule has 0 radical (unpaired) electrons. The Balaban J connectivity index is 1.70. The predicted octanol–water partition coefficient (Wildman–Crippen LogP) is 1.71. The minimum atomic E-state index is -3.07. The van der Waals surface area contributed by atoms with Crippen LogP contribution in [0.15, 0.2) is 6.07 Å². The second kappa shape index (κ2) is 5.59. The predicted molar refractivity (Wildman–Crippen MR) is 89.6 cm³/mol. The van der Waals surface area contributed by atoms with E-state index in [1.807, 2.05) is 6.92 Å². The first-order valence-electron chi connectivity index (χ1n) is 7.62. The lowest BCUT2D eigenvalue weighted by molar-refractivity contribution is -0.117. The van der Waals surface area contributed by atoms with Gasteiger partial charge in [0.15, 0.2) is 9.84 Å². The van der Waals surface area contributed by atoms with E-state index < -0.39 is 15.4 Å². The van der Waals surface area contributed by atoms with E-state index in [-0.39, 0.29) is 29.2 Å². The van der Waals surface area contributed by atoms with Gasteiger partial charge in [-0.05, 0) is 44.7 Å². The largest absolute Gasteiger partial charge is 0.345 e. The van der Waals surface area contributed by atoms with Crippen molar-refractivity contribution in [1.29, 1.82) is 0 Å². The van der Waals surface area contributed by atoms with E-state index in [4.69, 9.17) is 0 Å². The highest BCUT2D eigenvalue weighted by Gasteiger charge is 2.40. The monoisotopic (exact) mass is 356 g/mol. The first kappa shape index (κ1) is 16.4. The Kier molecular flexibility index (Phi) is 4.00. The normalized spacial score (nSPS) is 26.0. The van der Waals surface area contributed by atoms with Crippen molar-refractivity contribution >= 4 is 38.0 Å². The van der Waals surface area contributed by atoms with Crippen LogP contribution >= 0.6 is 11.3 Å². The van der Waals surface area contributed by atoms with Crippen molar-refractivity contribution in [3.8, 4) is 0 Å². The average molecular weight is 356 g/mol. The third kappa shape index (κ3) is 3.74. The number of thiophene rings is 1. The molecule has 1 saturated carbocycles. The van der Waals surface area contributed by atoms with Gasteiger partial charge in [-0.25, -0.2) is 8.42 Å². The summed E-state index contributed by atoms with van der Waals surface area (Å²) in [7, 11) is -3.07. The Morgan fingerprint density at radius 2 is 2.04 bits per heavy atom. The summed E-state index contributed by atoms with van der Waals surface area (Å²) >= 11 is 1.23. The van der Waals surface area contributed by atoms with Crippen LogP contribution in [0.2, 0.25) is 0 Å². The van der Waals surface area contributed by atoms with E-state index in [9.17, 15) is 18.0 Å². The summed E-state index contributed by atoms with van der Waals surface area (Å²) in [6.45, 7) is 3.57. The van der Waals surface area contributed by atoms with Crippen LogP contribution in [0.3, 0.4) is 0 Å². The van der Waals surface area contributed by atoms with Gasteiger partial charge in [-0.1, -0.05) is 0 Å². The lowest BCUT2D eigenvalue weighted by Crippen LogP contribution is -2.46. The number of carbonyl (C=O) groups is 2. The maximum absolute atomic E-state index is 12.5. The van der Waals surface area contributed by atoms with Gasteiger partial charge in [0, 0.05) is 5.92 Å². The van der Waals surface area contributed by atoms with Crippen LogP contribution in [0.4, 0.5) is 5.00 Å². The molecule has 2 N–H and O–H groups in total. The lowest BCUT2D eigenvalue weighted by Gasteiger charge is -2.23. The molecule has 2 amide bonds. The first-order valence-corrected chi connectivity index (χ1v) is 10.3. The van der Waals surface area contributed by atoms with Crippen molar-refractivity contribution in [2.24, 2.45) is 5.92 Å². The molecule has 0 aromatic carbocycles. The highest BCUT2D eigenvalue weighted by Crippen LogP contribution is 2.33. The summed E-state index contributed by atoms with van der Waals surface area (Å²) in [5, 5.41) is 6.35. The summed E-state index contributed by atoms with van der Waals surface area (Å²) in [6, 6.07) is 1.79. The number of nitrogens with one attached hydrogen (secondary N) is 2. The fourth-order valence-electron chi connectivity index (χ4n) is 2.78. The molecule has 2 fully saturated rings. The Labute approximate surface area is 139 Å². The van der Waals surface area contributed by atoms with E-state index in [1.165, 1.54) is 11.3 Å². The van der Waals surface area contributed by atoms with Crippen LogP contribution in [-0.2, 0) is 14.6 Å². The Morgan fingerprint density at radius 3 is 2.61 bits per heavy atom. The maximum Gasteiger partial charge on any atom is 0.262 e. The van der Waals surface area contributed by atoms with E-state index in [1.54, 1.807) is 13.0 Å². The number of aryl methyl sites for hydroxylation is 1. The molecule has 1 saturated heterocycles. The molecular formula is C15H20N2O4S2. The van der Waals surface area contributed by atoms with Gasteiger partial charge in [-0.15, -0.1) is 11.3 Å². The van der Waals surface area contributed by atoms with Crippen molar-refractivity contribution in [3.63, 3.8) is 0 Å². The van der Waals surface area contributed by atoms with Crippen molar-refractivity contribution in [1.82, 2.24) is 5.32 Å². The van der Waals surface area contributed by atoms with Gasteiger partial charge in [0.05, 0.1) is 26.9 Å². The first-order chi connectivity index (χ1) is 10.7. The number of hydrogen-bond donors (Lipinski definition) is 2. The summed E-state index contributed by atoms with van der Waals surface area (Å²) in [5.41, 5.74) is 0.0621. The summed E-state index contributed by atoms with van der Waals surface area (Å²) < 4.78 is 23.3. The smallest absolute Gasteiger partial charge is 0.262 e. The SMILES string of the molecule is Cc1cc(NC(=O)C2CC2)sc1C(=O)N[C@]1(C)CCS(=O)(=O)C1. The second-order valence-corrected chi connectivity index (χ2v) is 9.98. The molecular weight excluding hydrogens is 336 g/mol. The maximum atomic E-state index is 12.5. The van der Waals surface area contributed by atoms with Crippen LogP contribution in [-0.4, -0.2) is 37.3 Å². The van der Waals surface area contributed by atoms with E-state index in [0.717, 1.165) is 18.4 Å². The van der Waals surface area contributed by atoms with Crippen molar-refractivity contribution in [3.05, 3.63) is 16.5 Å². The number of carbonyl (C=O) groups excluding carboxylic acids is 2. The fourth-order valence-corrected chi connectivity index (χ4v) is 5.84. The standard InChI is InChI=1S/C15H20N2O4S2/c1-9-7-11(16-13(18)10-3-4-10)22-12(9)14(19)17-15(2)5-6-23(20,21)8-15/h7,10H,3-6,8H2,1-2H3,(H,16,18)(H,17,19)/t15-/m1/s1. The zero-order valence-corrected chi connectivity index (χ0v) is 14.8. The third-order valence-electron chi connectivity index (χ3n) is 4.24. The molecule has 1 aromatic heterocycles. The van der Waals surface area contributed by atoms with Crippen LogP contribution in [0.5, 0.6) is 0 Å². The molecule has 1 aliphatic heterocycles. The molecule has 23 heavy (non-hydrogen) atoms. The highest BCUT2D eigenvalue weighted by molar-refractivity contribution is 7.91. The molecule has 0 bridgehead atoms. The number of amides is 2. The summed E-state index contributed by atoms with van der Waals surface area (Å²) in [6.07, 6.45) is 2.28. The molecule has 2 aliphatic rings. The molecule has 0 unspecified atom stereocenters. The van der Waals surface area contributed by atoms with Crippen LogP contribution in [0.1, 0.15) is 41.4 Å². The molecule has 1 atom stereocenters. The zero-order valence-electron chi connectivity index (χ0n) is 13.1. The molecule has 3 rings (SSSR count). The quantitative estimate of drug-likeness (QED) is 0.859. The van der Waals surface area contributed by atoms with Gasteiger partial charge in [0.1, 0.15) is 0 Å². The molecule has 1 aromatic rings. The second-order valence-electron chi connectivity index (χ2n) is 6.74. The minimum absolute atomic E-state index is 0.00653. The van der Waals surface area contributed by atoms with Crippen LogP contribution in [0, 0.1) is 12.8 Å². The minimum Gasteiger partial charge on any atom is -0.345 e. The summed E-state index contributed by atoms with van der Waals surface area (Å²) in [5.74, 6) is -0.0829. The Hall–Kier alpha value is -1.41. The van der Waals surface area contributed by atoms with Crippen molar-refractivity contribution in [2.75, 3.05) is 16.8 Å². The number of anilines is 1. The van der Waals surface area contributed by atoms with Gasteiger partial charge in [-0.3, -0.25) is 9.59 Å². The Bertz CT molecular complexity index is 764. The van der Waals surface area contributed by atoms with E-state index in [0.29, 0.717) is 16.3 Å². The number of sulfone groups is 1. The summed E-state index contributed by atoms with van der Waals surface area (Å²) in [4.78, 5) is 24.8. The average Bonchev–Trinajstić information content (AvgIpc) is 3.15. The molecule has 126 valence electrons. The molecule has 1 aliphatic carbocycles. The molecule has 2 heterocycles. The number of hydrogen-bond acceptors (Lipinski definition) is 5. The van der Waals surface area contributed by atoms with Crippen molar-refractivity contribution in [2.45, 2.75) is 38.6 Å². The van der Waals surface area contributed by atoms with Gasteiger partial charge >= 0.3 is 0 Å². The van der Waals surface area contributed by atoms with Crippen LogP contribution in [0.25, 0.3) is 0 Å². The van der Waals surface area contributed by atoms with Crippen LogP contribution < -0.4 is 10.6 Å². The van der Waals surface area contributed by atoms with Gasteiger partial charge in [-0.2, -0.15) is 0 Å². The van der Waals surface area contributed by atoms with Gasteiger partial charge in [0.2, 0.25) is 5.91 Å². The highest BCUT2D eigenvalue weighted by atomic mass is 32.2. The van der Waals surface area contributed by atoms with Gasteiger partial charge < -0.3 is 10.6 Å². The van der Waals surface area contributed by atoms with E-state index in [2.05, 4.69) is 10.6 Å². The topological polar surface area (TPSA) is 92.3 Å². The molecule has 8 heteroatoms. The Morgan fingerprint density at radius 1 is 1.35 bits per heavy atom. The number of rotatable bonds is 4. The molecule has 6 nitrogen and oxygen atoms in total.